The van der Waals surface area contributed by atoms with Crippen molar-refractivity contribution in [1.29, 1.82) is 5.26 Å². The van der Waals surface area contributed by atoms with Gasteiger partial charge < -0.3 is 10.1 Å². The number of nitrogens with one attached hydrogen (secondary N) is 1. The first-order valence-electron chi connectivity index (χ1n) is 8.71. The molecular formula is C21H24ClN3O2. The second-order valence-corrected chi connectivity index (χ2v) is 7.06. The Bertz CT molecular complexity index is 842. The van der Waals surface area contributed by atoms with Gasteiger partial charge in [0.2, 0.25) is 5.91 Å². The Morgan fingerprint density at radius 2 is 1.96 bits per heavy atom. The lowest BCUT2D eigenvalue weighted by atomic mass is 10.1. The van der Waals surface area contributed by atoms with Crippen molar-refractivity contribution < 1.29 is 9.53 Å². The second kappa shape index (κ2) is 9.40. The van der Waals surface area contributed by atoms with E-state index in [-0.39, 0.29) is 18.5 Å². The van der Waals surface area contributed by atoms with Crippen molar-refractivity contribution in [3.05, 3.63) is 58.1 Å². The Morgan fingerprint density at radius 1 is 1.30 bits per heavy atom. The first kappa shape index (κ1) is 20.8. The summed E-state index contributed by atoms with van der Waals surface area (Å²) in [6.07, 6.45) is 0. The molecule has 1 amide bonds. The van der Waals surface area contributed by atoms with Crippen LogP contribution in [0.5, 0.6) is 5.75 Å². The number of nitriles is 1. The molecule has 0 radical (unpaired) electrons. The van der Waals surface area contributed by atoms with Gasteiger partial charge in [0.15, 0.2) is 0 Å². The highest BCUT2D eigenvalue weighted by molar-refractivity contribution is 6.31. The summed E-state index contributed by atoms with van der Waals surface area (Å²) in [6, 6.07) is 13.2. The molecule has 2 aromatic rings. The molecule has 0 unspecified atom stereocenters. The van der Waals surface area contributed by atoms with Crippen molar-refractivity contribution in [2.24, 2.45) is 0 Å². The Hall–Kier alpha value is -2.55. The SMILES string of the molecule is COc1cc(Cl)c(C)cc1NC(=O)CN(Cc1ccc(C#N)cc1)C(C)C. The van der Waals surface area contributed by atoms with Crippen LogP contribution in [-0.4, -0.2) is 30.5 Å². The summed E-state index contributed by atoms with van der Waals surface area (Å²) in [5.74, 6) is 0.402. The van der Waals surface area contributed by atoms with Gasteiger partial charge in [-0.25, -0.2) is 0 Å². The number of amides is 1. The number of methoxy groups -OCH3 is 1. The Balaban J connectivity index is 2.09. The number of nitrogens with zero attached hydrogens (tertiary/aromatic N) is 2. The molecule has 0 heterocycles. The molecule has 5 nitrogen and oxygen atoms in total. The molecule has 6 heteroatoms. The molecule has 0 aliphatic heterocycles. The molecular weight excluding hydrogens is 362 g/mol. The number of carbonyl (C=O) groups excluding carboxylic acids is 1. The number of ether oxygens (including phenoxy) is 1. The number of benzene rings is 2. The summed E-state index contributed by atoms with van der Waals surface area (Å²) >= 11 is 6.12. The van der Waals surface area contributed by atoms with Crippen LogP contribution in [0.1, 0.15) is 30.5 Å². The number of hydrogen-bond acceptors (Lipinski definition) is 4. The van der Waals surface area contributed by atoms with E-state index in [4.69, 9.17) is 21.6 Å². The highest BCUT2D eigenvalue weighted by Gasteiger charge is 2.17. The highest BCUT2D eigenvalue weighted by Crippen LogP contribution is 2.30. The van der Waals surface area contributed by atoms with Crippen molar-refractivity contribution in [1.82, 2.24) is 4.90 Å². The summed E-state index contributed by atoms with van der Waals surface area (Å²) in [5.41, 5.74) is 3.14. The third-order valence-corrected chi connectivity index (χ3v) is 4.71. The van der Waals surface area contributed by atoms with Gasteiger partial charge in [-0.3, -0.25) is 9.69 Å². The van der Waals surface area contributed by atoms with E-state index in [1.54, 1.807) is 31.4 Å². The van der Waals surface area contributed by atoms with Gasteiger partial charge in [0.25, 0.3) is 0 Å². The third kappa shape index (κ3) is 5.72. The average molecular weight is 386 g/mol. The number of halogens is 1. The van der Waals surface area contributed by atoms with Crippen molar-refractivity contribution in [3.63, 3.8) is 0 Å². The lowest BCUT2D eigenvalue weighted by molar-refractivity contribution is -0.117. The van der Waals surface area contributed by atoms with Crippen molar-refractivity contribution in [2.75, 3.05) is 19.0 Å². The maximum absolute atomic E-state index is 12.6. The van der Waals surface area contributed by atoms with E-state index in [1.807, 2.05) is 32.9 Å². The molecule has 0 saturated carbocycles. The maximum Gasteiger partial charge on any atom is 0.238 e. The number of rotatable bonds is 7. The van der Waals surface area contributed by atoms with Crippen LogP contribution in [0.25, 0.3) is 0 Å². The molecule has 2 aromatic carbocycles. The Kier molecular flexibility index (Phi) is 7.23. The molecule has 0 aliphatic rings. The zero-order valence-electron chi connectivity index (χ0n) is 16.0. The minimum Gasteiger partial charge on any atom is -0.495 e. The van der Waals surface area contributed by atoms with E-state index in [9.17, 15) is 4.79 Å². The fraction of sp³-hybridized carbons (Fsp3) is 0.333. The average Bonchev–Trinajstić information content (AvgIpc) is 2.64. The molecule has 0 fully saturated rings. The van der Waals surface area contributed by atoms with Gasteiger partial charge >= 0.3 is 0 Å². The Labute approximate surface area is 165 Å². The van der Waals surface area contributed by atoms with Crippen LogP contribution in [0.2, 0.25) is 5.02 Å². The summed E-state index contributed by atoms with van der Waals surface area (Å²) in [5, 5.41) is 12.4. The molecule has 2 rings (SSSR count). The molecule has 0 aromatic heterocycles. The van der Waals surface area contributed by atoms with E-state index < -0.39 is 0 Å². The van der Waals surface area contributed by atoms with Crippen LogP contribution in [0.4, 0.5) is 5.69 Å². The fourth-order valence-corrected chi connectivity index (χ4v) is 2.80. The Morgan fingerprint density at radius 3 is 2.52 bits per heavy atom. The van der Waals surface area contributed by atoms with E-state index in [0.717, 1.165) is 11.1 Å². The van der Waals surface area contributed by atoms with Crippen molar-refractivity contribution in [2.45, 2.75) is 33.4 Å². The maximum atomic E-state index is 12.6. The normalized spacial score (nSPS) is 10.7. The molecule has 142 valence electrons. The van der Waals surface area contributed by atoms with E-state index in [0.29, 0.717) is 28.6 Å². The molecule has 0 aliphatic carbocycles. The summed E-state index contributed by atoms with van der Waals surface area (Å²) < 4.78 is 5.31. The summed E-state index contributed by atoms with van der Waals surface area (Å²) in [7, 11) is 1.54. The van der Waals surface area contributed by atoms with Crippen LogP contribution in [0.15, 0.2) is 36.4 Å². The second-order valence-electron chi connectivity index (χ2n) is 6.66. The predicted octanol–water partition coefficient (Wildman–Crippen LogP) is 4.38. The first-order chi connectivity index (χ1) is 12.8. The van der Waals surface area contributed by atoms with E-state index in [2.05, 4.69) is 16.3 Å². The van der Waals surface area contributed by atoms with Gasteiger partial charge in [-0.1, -0.05) is 23.7 Å². The zero-order valence-corrected chi connectivity index (χ0v) is 16.8. The highest BCUT2D eigenvalue weighted by atomic mass is 35.5. The van der Waals surface area contributed by atoms with Crippen molar-refractivity contribution in [3.8, 4) is 11.8 Å². The van der Waals surface area contributed by atoms with Crippen molar-refractivity contribution >= 4 is 23.2 Å². The molecule has 1 N–H and O–H groups in total. The molecule has 0 saturated heterocycles. The van der Waals surface area contributed by atoms with Crippen LogP contribution in [0.3, 0.4) is 0 Å². The standard InChI is InChI=1S/C21H24ClN3O2/c1-14(2)25(12-17-7-5-16(11-23)6-8-17)13-21(26)24-19-9-15(3)18(22)10-20(19)27-4/h5-10,14H,12-13H2,1-4H3,(H,24,26). The number of carbonyl (C=O) groups is 1. The minimum absolute atomic E-state index is 0.127. The summed E-state index contributed by atoms with van der Waals surface area (Å²) in [4.78, 5) is 14.7. The van der Waals surface area contributed by atoms with Gasteiger partial charge in [-0.05, 0) is 50.1 Å². The molecule has 0 spiro atoms. The molecule has 0 atom stereocenters. The van der Waals surface area contributed by atoms with Gasteiger partial charge in [0.05, 0.1) is 31.0 Å². The van der Waals surface area contributed by atoms with E-state index in [1.165, 1.54) is 0 Å². The van der Waals surface area contributed by atoms with Crippen LogP contribution >= 0.6 is 11.6 Å². The lowest BCUT2D eigenvalue weighted by Gasteiger charge is -2.26. The first-order valence-corrected chi connectivity index (χ1v) is 9.09. The number of aryl methyl sites for hydroxylation is 1. The van der Waals surface area contributed by atoms with Crippen LogP contribution in [-0.2, 0) is 11.3 Å². The fourth-order valence-electron chi connectivity index (χ4n) is 2.64. The molecule has 0 bridgehead atoms. The van der Waals surface area contributed by atoms with Crippen LogP contribution < -0.4 is 10.1 Å². The topological polar surface area (TPSA) is 65.4 Å². The molecule has 27 heavy (non-hydrogen) atoms. The van der Waals surface area contributed by atoms with Crippen LogP contribution in [0, 0.1) is 18.3 Å². The smallest absolute Gasteiger partial charge is 0.238 e. The number of anilines is 1. The predicted molar refractivity (Wildman–Crippen MR) is 108 cm³/mol. The van der Waals surface area contributed by atoms with Gasteiger partial charge in [-0.15, -0.1) is 0 Å². The number of hydrogen-bond donors (Lipinski definition) is 1. The third-order valence-electron chi connectivity index (χ3n) is 4.30. The lowest BCUT2D eigenvalue weighted by Crippen LogP contribution is -2.37. The monoisotopic (exact) mass is 385 g/mol. The summed E-state index contributed by atoms with van der Waals surface area (Å²) in [6.45, 7) is 6.83. The zero-order chi connectivity index (χ0) is 20.0. The van der Waals surface area contributed by atoms with Gasteiger partial charge in [0.1, 0.15) is 5.75 Å². The largest absolute Gasteiger partial charge is 0.495 e. The van der Waals surface area contributed by atoms with Gasteiger partial charge in [0, 0.05) is 23.7 Å². The van der Waals surface area contributed by atoms with E-state index >= 15 is 0 Å². The quantitative estimate of drug-likeness (QED) is 0.768. The minimum atomic E-state index is -0.127. The van der Waals surface area contributed by atoms with Gasteiger partial charge in [-0.2, -0.15) is 5.26 Å².